The van der Waals surface area contributed by atoms with E-state index in [0.29, 0.717) is 106 Å². The fourth-order valence-electron chi connectivity index (χ4n) is 4.07. The Morgan fingerprint density at radius 1 is 0.478 bits per heavy atom. The molecule has 0 aromatic heterocycles. The van der Waals surface area contributed by atoms with Crippen molar-refractivity contribution in [1.29, 1.82) is 0 Å². The lowest BCUT2D eigenvalue weighted by molar-refractivity contribution is -0.0220. The number of ether oxygens (including phenoxy) is 8. The molecule has 1 aromatic rings. The van der Waals surface area contributed by atoms with Crippen molar-refractivity contribution in [3.63, 3.8) is 0 Å². The van der Waals surface area contributed by atoms with Crippen LogP contribution in [0, 0.1) is 0 Å². The van der Waals surface area contributed by atoms with Crippen LogP contribution < -0.4 is 4.74 Å². The number of hydrogen-bond donors (Lipinski definition) is 0. The zero-order valence-corrected chi connectivity index (χ0v) is 31.2. The van der Waals surface area contributed by atoms with Crippen molar-refractivity contribution < 1.29 is 42.3 Å². The Balaban J connectivity index is 1.75. The van der Waals surface area contributed by atoms with E-state index in [2.05, 4.69) is 65.1 Å². The summed E-state index contributed by atoms with van der Waals surface area (Å²) in [4.78, 5) is 0. The summed E-state index contributed by atoms with van der Waals surface area (Å²) in [7, 11) is -1.69. The average Bonchev–Trinajstić information content (AvgIpc) is 3.02. The summed E-state index contributed by atoms with van der Waals surface area (Å²) in [5, 5.41) is 0.222. The SMILES string of the molecule is CCCCCCCCc1ccc(OCCOCCOCCOCCOCCOCCOCCOCCO[Si](C)(C)C(C)(C)C)cc1. The standard InChI is InChI=1S/C36H68O9Si/c1-7-8-9-10-11-12-13-34-14-16-35(17-15-34)44-32-30-42-28-26-40-24-22-38-20-18-37-19-21-39-23-25-41-27-29-43-31-33-45-46(5,6)36(2,3)4/h14-17H,7-13,18-33H2,1-6H3. The van der Waals surface area contributed by atoms with Crippen molar-refractivity contribution >= 4 is 8.32 Å². The van der Waals surface area contributed by atoms with Crippen LogP contribution >= 0.6 is 0 Å². The topological polar surface area (TPSA) is 83.1 Å². The lowest BCUT2D eigenvalue weighted by atomic mass is 10.0. The molecule has 0 bridgehead atoms. The van der Waals surface area contributed by atoms with Gasteiger partial charge in [-0.05, 0) is 48.7 Å². The van der Waals surface area contributed by atoms with Gasteiger partial charge in [0.05, 0.1) is 99.1 Å². The minimum atomic E-state index is -1.69. The maximum atomic E-state index is 6.09. The van der Waals surface area contributed by atoms with E-state index in [1.807, 2.05) is 0 Å². The monoisotopic (exact) mass is 672 g/mol. The first kappa shape index (κ1) is 42.9. The summed E-state index contributed by atoms with van der Waals surface area (Å²) in [6, 6.07) is 8.45. The van der Waals surface area contributed by atoms with E-state index < -0.39 is 8.32 Å². The number of rotatable bonds is 33. The fraction of sp³-hybridized carbons (Fsp3) is 0.833. The number of unbranched alkanes of at least 4 members (excludes halogenated alkanes) is 5. The zero-order valence-electron chi connectivity index (χ0n) is 30.2. The van der Waals surface area contributed by atoms with Gasteiger partial charge in [-0.1, -0.05) is 71.9 Å². The van der Waals surface area contributed by atoms with E-state index >= 15 is 0 Å². The van der Waals surface area contributed by atoms with Crippen molar-refractivity contribution in [2.75, 3.05) is 106 Å². The van der Waals surface area contributed by atoms with Crippen LogP contribution in [0.2, 0.25) is 18.1 Å². The Labute approximate surface area is 282 Å². The maximum Gasteiger partial charge on any atom is 0.192 e. The molecule has 1 aromatic carbocycles. The Morgan fingerprint density at radius 3 is 1.26 bits per heavy atom. The summed E-state index contributed by atoms with van der Waals surface area (Å²) in [5.74, 6) is 0.890. The third kappa shape index (κ3) is 25.0. The van der Waals surface area contributed by atoms with Crippen LogP contribution in [-0.2, 0) is 44.0 Å². The lowest BCUT2D eigenvalue weighted by Gasteiger charge is -2.36. The third-order valence-corrected chi connectivity index (χ3v) is 12.5. The normalized spacial score (nSPS) is 12.2. The van der Waals surface area contributed by atoms with E-state index in [-0.39, 0.29) is 5.04 Å². The highest BCUT2D eigenvalue weighted by Gasteiger charge is 2.36. The molecular weight excluding hydrogens is 604 g/mol. The Morgan fingerprint density at radius 2 is 0.848 bits per heavy atom. The minimum absolute atomic E-state index is 0.222. The first-order valence-corrected chi connectivity index (χ1v) is 20.6. The molecule has 0 radical (unpaired) electrons. The van der Waals surface area contributed by atoms with Crippen LogP contribution in [0.1, 0.15) is 71.8 Å². The van der Waals surface area contributed by atoms with Gasteiger partial charge in [0.15, 0.2) is 8.32 Å². The number of aryl methyl sites for hydroxylation is 1. The van der Waals surface area contributed by atoms with E-state index in [9.17, 15) is 0 Å². The summed E-state index contributed by atoms with van der Waals surface area (Å²) in [5.41, 5.74) is 1.38. The molecule has 0 saturated heterocycles. The molecular formula is C36H68O9Si. The van der Waals surface area contributed by atoms with Gasteiger partial charge in [0, 0.05) is 0 Å². The van der Waals surface area contributed by atoms with Crippen LogP contribution in [0.4, 0.5) is 0 Å². The van der Waals surface area contributed by atoms with Gasteiger partial charge in [-0.2, -0.15) is 0 Å². The highest BCUT2D eigenvalue weighted by Crippen LogP contribution is 2.36. The Bertz CT molecular complexity index is 787. The second-order valence-corrected chi connectivity index (χ2v) is 17.7. The Hall–Kier alpha value is -1.08. The van der Waals surface area contributed by atoms with Crippen molar-refractivity contribution in [2.24, 2.45) is 0 Å². The molecule has 10 heteroatoms. The molecule has 0 atom stereocenters. The quantitative estimate of drug-likeness (QED) is 0.0573. The van der Waals surface area contributed by atoms with Gasteiger partial charge in [0.25, 0.3) is 0 Å². The number of hydrogen-bond acceptors (Lipinski definition) is 9. The molecule has 270 valence electrons. The number of benzene rings is 1. The van der Waals surface area contributed by atoms with Crippen molar-refractivity contribution in [2.45, 2.75) is 90.8 Å². The van der Waals surface area contributed by atoms with E-state index in [4.69, 9.17) is 42.3 Å². The highest BCUT2D eigenvalue weighted by atomic mass is 28.4. The van der Waals surface area contributed by atoms with E-state index in [1.54, 1.807) is 0 Å². The van der Waals surface area contributed by atoms with Crippen LogP contribution in [0.15, 0.2) is 24.3 Å². The predicted molar refractivity (Wildman–Crippen MR) is 188 cm³/mol. The van der Waals surface area contributed by atoms with Gasteiger partial charge in [0.2, 0.25) is 0 Å². The summed E-state index contributed by atoms with van der Waals surface area (Å²) >= 11 is 0. The van der Waals surface area contributed by atoms with Gasteiger partial charge in [-0.15, -0.1) is 0 Å². The van der Waals surface area contributed by atoms with Gasteiger partial charge in [0.1, 0.15) is 12.4 Å². The fourth-order valence-corrected chi connectivity index (χ4v) is 5.10. The molecule has 0 unspecified atom stereocenters. The molecule has 0 saturated carbocycles. The van der Waals surface area contributed by atoms with E-state index in [0.717, 1.165) is 12.2 Å². The smallest absolute Gasteiger partial charge is 0.192 e. The van der Waals surface area contributed by atoms with Gasteiger partial charge >= 0.3 is 0 Å². The summed E-state index contributed by atoms with van der Waals surface area (Å²) in [6.45, 7) is 22.2. The highest BCUT2D eigenvalue weighted by molar-refractivity contribution is 6.74. The first-order valence-electron chi connectivity index (χ1n) is 17.7. The second-order valence-electron chi connectivity index (χ2n) is 12.9. The Kier molecular flexibility index (Phi) is 27.0. The molecule has 0 spiro atoms. The van der Waals surface area contributed by atoms with Crippen LogP contribution in [0.3, 0.4) is 0 Å². The van der Waals surface area contributed by atoms with Gasteiger partial charge < -0.3 is 42.3 Å². The van der Waals surface area contributed by atoms with Crippen molar-refractivity contribution in [1.82, 2.24) is 0 Å². The molecule has 9 nitrogen and oxygen atoms in total. The third-order valence-electron chi connectivity index (χ3n) is 7.97. The molecule has 0 fully saturated rings. The molecule has 0 aliphatic carbocycles. The van der Waals surface area contributed by atoms with Crippen LogP contribution in [-0.4, -0.2) is 114 Å². The zero-order chi connectivity index (χ0) is 33.6. The molecule has 0 N–H and O–H groups in total. The second kappa shape index (κ2) is 28.9. The molecule has 46 heavy (non-hydrogen) atoms. The predicted octanol–water partition coefficient (Wildman–Crippen LogP) is 7.11. The molecule has 0 aliphatic rings. The first-order chi connectivity index (χ1) is 22.3. The van der Waals surface area contributed by atoms with Crippen molar-refractivity contribution in [3.05, 3.63) is 29.8 Å². The van der Waals surface area contributed by atoms with Crippen LogP contribution in [0.5, 0.6) is 5.75 Å². The largest absolute Gasteiger partial charge is 0.491 e. The molecule has 0 amide bonds. The van der Waals surface area contributed by atoms with Gasteiger partial charge in [-0.3, -0.25) is 0 Å². The molecule has 0 aliphatic heterocycles. The van der Waals surface area contributed by atoms with Gasteiger partial charge in [-0.25, -0.2) is 0 Å². The van der Waals surface area contributed by atoms with Crippen LogP contribution in [0.25, 0.3) is 0 Å². The average molecular weight is 673 g/mol. The summed E-state index contributed by atoms with van der Waals surface area (Å²) in [6.07, 6.45) is 9.11. The lowest BCUT2D eigenvalue weighted by Crippen LogP contribution is -2.41. The molecule has 0 heterocycles. The van der Waals surface area contributed by atoms with Crippen molar-refractivity contribution in [3.8, 4) is 5.75 Å². The van der Waals surface area contributed by atoms with E-state index in [1.165, 1.54) is 44.1 Å². The maximum absolute atomic E-state index is 6.09. The molecule has 1 rings (SSSR count). The minimum Gasteiger partial charge on any atom is -0.491 e. The summed E-state index contributed by atoms with van der Waals surface area (Å²) < 4.78 is 50.7.